The zero-order valence-electron chi connectivity index (χ0n) is 6.89. The molecule has 1 nitrogen and oxygen atoms in total. The van der Waals surface area contributed by atoms with Crippen LogP contribution >= 0.6 is 12.4 Å². The molecule has 4 heteroatoms. The van der Waals surface area contributed by atoms with Crippen molar-refractivity contribution in [2.24, 2.45) is 5.73 Å². The molecule has 1 aliphatic rings. The Kier molecular flexibility index (Phi) is 2.88. The van der Waals surface area contributed by atoms with E-state index >= 15 is 0 Å². The first-order valence-corrected chi connectivity index (χ1v) is 3.92. The minimum atomic E-state index is -0.514. The number of rotatable bonds is 0. The van der Waals surface area contributed by atoms with Crippen molar-refractivity contribution in [1.29, 1.82) is 0 Å². The molecule has 0 radical (unpaired) electrons. The van der Waals surface area contributed by atoms with Crippen LogP contribution in [0.25, 0.3) is 0 Å². The number of benzene rings is 1. The van der Waals surface area contributed by atoms with E-state index in [1.165, 1.54) is 6.07 Å². The minimum Gasteiger partial charge on any atom is -0.324 e. The summed E-state index contributed by atoms with van der Waals surface area (Å²) >= 11 is 0. The van der Waals surface area contributed by atoms with Crippen molar-refractivity contribution >= 4 is 12.4 Å². The van der Waals surface area contributed by atoms with Gasteiger partial charge >= 0.3 is 0 Å². The number of fused-ring (bicyclic) bond motifs is 1. The summed E-state index contributed by atoms with van der Waals surface area (Å²) in [5.74, 6) is -1.02. The fourth-order valence-electron chi connectivity index (χ4n) is 1.72. The van der Waals surface area contributed by atoms with Crippen molar-refractivity contribution in [3.63, 3.8) is 0 Å². The third kappa shape index (κ3) is 1.67. The molecule has 0 fully saturated rings. The second-order valence-corrected chi connectivity index (χ2v) is 3.11. The summed E-state index contributed by atoms with van der Waals surface area (Å²) in [5, 5.41) is 0. The van der Waals surface area contributed by atoms with Crippen LogP contribution in [0.1, 0.15) is 23.6 Å². The molecule has 2 rings (SSSR count). The Labute approximate surface area is 81.3 Å². The normalized spacial score (nSPS) is 19.5. The molecule has 0 amide bonds. The van der Waals surface area contributed by atoms with Gasteiger partial charge in [0.25, 0.3) is 0 Å². The van der Waals surface area contributed by atoms with Gasteiger partial charge in [0.05, 0.1) is 0 Å². The molecule has 0 bridgehead atoms. The molecule has 0 saturated heterocycles. The number of aryl methyl sites for hydroxylation is 1. The molecule has 1 aromatic rings. The summed E-state index contributed by atoms with van der Waals surface area (Å²) < 4.78 is 25.8. The quantitative estimate of drug-likeness (QED) is 0.691. The van der Waals surface area contributed by atoms with E-state index in [-0.39, 0.29) is 18.4 Å². The van der Waals surface area contributed by atoms with Crippen molar-refractivity contribution in [3.05, 3.63) is 34.9 Å². The average molecular weight is 206 g/mol. The van der Waals surface area contributed by atoms with Crippen molar-refractivity contribution < 1.29 is 8.78 Å². The molecule has 1 atom stereocenters. The molecule has 72 valence electrons. The number of halogens is 3. The second kappa shape index (κ2) is 3.60. The molecular weight excluding hydrogens is 196 g/mol. The van der Waals surface area contributed by atoms with Gasteiger partial charge in [0.2, 0.25) is 0 Å². The van der Waals surface area contributed by atoms with Crippen LogP contribution in [0.3, 0.4) is 0 Å². The van der Waals surface area contributed by atoms with Crippen LogP contribution in [0, 0.1) is 11.6 Å². The third-order valence-electron chi connectivity index (χ3n) is 2.28. The summed E-state index contributed by atoms with van der Waals surface area (Å²) in [6, 6.07) is 2.01. The summed E-state index contributed by atoms with van der Waals surface area (Å²) in [4.78, 5) is 0. The van der Waals surface area contributed by atoms with Crippen LogP contribution in [0.15, 0.2) is 12.1 Å². The molecule has 13 heavy (non-hydrogen) atoms. The van der Waals surface area contributed by atoms with Gasteiger partial charge in [0.15, 0.2) is 0 Å². The van der Waals surface area contributed by atoms with E-state index in [2.05, 4.69) is 0 Å². The lowest BCUT2D eigenvalue weighted by atomic mass is 10.1. The van der Waals surface area contributed by atoms with Gasteiger partial charge in [-0.05, 0) is 24.5 Å². The van der Waals surface area contributed by atoms with Crippen molar-refractivity contribution in [2.75, 3.05) is 0 Å². The topological polar surface area (TPSA) is 26.0 Å². The predicted octanol–water partition coefficient (Wildman–Crippen LogP) is 2.33. The smallest absolute Gasteiger partial charge is 0.131 e. The highest BCUT2D eigenvalue weighted by Crippen LogP contribution is 2.31. The van der Waals surface area contributed by atoms with Crippen LogP contribution in [-0.2, 0) is 6.42 Å². The van der Waals surface area contributed by atoms with Crippen LogP contribution in [0.2, 0.25) is 0 Å². The summed E-state index contributed by atoms with van der Waals surface area (Å²) in [7, 11) is 0. The van der Waals surface area contributed by atoms with E-state index in [9.17, 15) is 8.78 Å². The Morgan fingerprint density at radius 1 is 1.31 bits per heavy atom. The molecule has 1 aliphatic carbocycles. The zero-order chi connectivity index (χ0) is 8.72. The predicted molar refractivity (Wildman–Crippen MR) is 48.9 cm³/mol. The van der Waals surface area contributed by atoms with E-state index in [4.69, 9.17) is 5.73 Å². The minimum absolute atomic E-state index is 0. The van der Waals surface area contributed by atoms with E-state index in [0.29, 0.717) is 12.0 Å². The summed E-state index contributed by atoms with van der Waals surface area (Å²) in [5.41, 5.74) is 6.85. The SMILES string of the molecule is Cl.N[C@H]1CCc2cc(F)cc(F)c21. The Morgan fingerprint density at radius 3 is 2.69 bits per heavy atom. The van der Waals surface area contributed by atoms with Gasteiger partial charge in [-0.2, -0.15) is 0 Å². The third-order valence-corrected chi connectivity index (χ3v) is 2.28. The molecule has 0 aromatic heterocycles. The Balaban J connectivity index is 0.000000845. The van der Waals surface area contributed by atoms with Gasteiger partial charge in [-0.15, -0.1) is 12.4 Å². The number of hydrogen-bond donors (Lipinski definition) is 1. The average Bonchev–Trinajstić information content (AvgIpc) is 2.31. The fourth-order valence-corrected chi connectivity index (χ4v) is 1.72. The van der Waals surface area contributed by atoms with Gasteiger partial charge in [0.1, 0.15) is 11.6 Å². The molecule has 0 saturated carbocycles. The van der Waals surface area contributed by atoms with Gasteiger partial charge < -0.3 is 5.73 Å². The van der Waals surface area contributed by atoms with Gasteiger partial charge in [-0.25, -0.2) is 8.78 Å². The van der Waals surface area contributed by atoms with Gasteiger partial charge in [0, 0.05) is 17.7 Å². The van der Waals surface area contributed by atoms with Gasteiger partial charge in [-0.3, -0.25) is 0 Å². The van der Waals surface area contributed by atoms with E-state index in [0.717, 1.165) is 18.1 Å². The summed E-state index contributed by atoms with van der Waals surface area (Å²) in [6.45, 7) is 0. The highest BCUT2D eigenvalue weighted by Gasteiger charge is 2.23. The maximum atomic E-state index is 13.1. The molecule has 1 aromatic carbocycles. The standard InChI is InChI=1S/C9H9F2N.ClH/c10-6-3-5-1-2-8(12)9(5)7(11)4-6;/h3-4,8H,1-2,12H2;1H/t8-;/m0./s1. The first kappa shape index (κ1) is 10.4. The van der Waals surface area contributed by atoms with Crippen LogP contribution in [0.5, 0.6) is 0 Å². The van der Waals surface area contributed by atoms with E-state index in [1.807, 2.05) is 0 Å². The fraction of sp³-hybridized carbons (Fsp3) is 0.333. The van der Waals surface area contributed by atoms with Gasteiger partial charge in [-0.1, -0.05) is 0 Å². The van der Waals surface area contributed by atoms with Crippen LogP contribution < -0.4 is 5.73 Å². The Morgan fingerprint density at radius 2 is 2.00 bits per heavy atom. The first-order chi connectivity index (χ1) is 5.68. The summed E-state index contributed by atoms with van der Waals surface area (Å²) in [6.07, 6.45) is 1.40. The van der Waals surface area contributed by atoms with E-state index < -0.39 is 11.6 Å². The number of nitrogens with two attached hydrogens (primary N) is 1. The molecular formula is C9H10ClF2N. The first-order valence-electron chi connectivity index (χ1n) is 3.92. The molecule has 0 spiro atoms. The Hall–Kier alpha value is -0.670. The van der Waals surface area contributed by atoms with Crippen molar-refractivity contribution in [1.82, 2.24) is 0 Å². The molecule has 0 unspecified atom stereocenters. The monoisotopic (exact) mass is 205 g/mol. The highest BCUT2D eigenvalue weighted by atomic mass is 35.5. The Bertz CT molecular complexity index is 328. The largest absolute Gasteiger partial charge is 0.324 e. The molecule has 2 N–H and O–H groups in total. The lowest BCUT2D eigenvalue weighted by Gasteiger charge is -2.05. The lowest BCUT2D eigenvalue weighted by Crippen LogP contribution is -2.07. The van der Waals surface area contributed by atoms with Crippen LogP contribution in [0.4, 0.5) is 8.78 Å². The maximum Gasteiger partial charge on any atom is 0.131 e. The molecule has 0 heterocycles. The zero-order valence-corrected chi connectivity index (χ0v) is 7.70. The second-order valence-electron chi connectivity index (χ2n) is 3.11. The lowest BCUT2D eigenvalue weighted by molar-refractivity contribution is 0.562. The van der Waals surface area contributed by atoms with Crippen molar-refractivity contribution in [2.45, 2.75) is 18.9 Å². The van der Waals surface area contributed by atoms with Crippen molar-refractivity contribution in [3.8, 4) is 0 Å². The van der Waals surface area contributed by atoms with E-state index in [1.54, 1.807) is 0 Å². The van der Waals surface area contributed by atoms with Crippen LogP contribution in [-0.4, -0.2) is 0 Å². The number of hydrogen-bond acceptors (Lipinski definition) is 1. The highest BCUT2D eigenvalue weighted by molar-refractivity contribution is 5.85. The molecule has 0 aliphatic heterocycles. The maximum absolute atomic E-state index is 13.1.